The number of thioether (sulfide) groups is 1. The van der Waals surface area contributed by atoms with Gasteiger partial charge < -0.3 is 26.4 Å². The number of anilines is 1. The third kappa shape index (κ3) is 5.28. The fourth-order valence-electron chi connectivity index (χ4n) is 3.27. The third-order valence-corrected chi connectivity index (χ3v) is 6.17. The molecule has 8 heteroatoms. The van der Waals surface area contributed by atoms with Gasteiger partial charge in [0.1, 0.15) is 6.61 Å². The molecule has 142 valence electrons. The first kappa shape index (κ1) is 18.8. The minimum Gasteiger partial charge on any atom is -0.399 e. The Balaban J connectivity index is 1.22. The second-order valence-electron chi connectivity index (χ2n) is 6.70. The Hall–Kier alpha value is -1.93. The Morgan fingerprint density at radius 2 is 2.08 bits per heavy atom. The second kappa shape index (κ2) is 9.14. The highest BCUT2D eigenvalue weighted by atomic mass is 32.2. The molecular weight excluding hydrogens is 352 g/mol. The van der Waals surface area contributed by atoms with Gasteiger partial charge in [0, 0.05) is 23.2 Å². The Labute approximate surface area is 157 Å². The van der Waals surface area contributed by atoms with Crippen LogP contribution in [0.25, 0.3) is 0 Å². The van der Waals surface area contributed by atoms with E-state index in [-0.39, 0.29) is 30.6 Å². The Morgan fingerprint density at radius 1 is 1.27 bits per heavy atom. The molecule has 5 N–H and O–H groups in total. The number of rotatable bonds is 9. The molecule has 0 bridgehead atoms. The monoisotopic (exact) mass is 378 g/mol. The van der Waals surface area contributed by atoms with Crippen molar-refractivity contribution in [2.24, 2.45) is 0 Å². The molecule has 0 saturated carbocycles. The fourth-order valence-corrected chi connectivity index (χ4v) is 4.81. The van der Waals surface area contributed by atoms with Crippen LogP contribution in [0.1, 0.15) is 24.8 Å². The van der Waals surface area contributed by atoms with Gasteiger partial charge in [0.2, 0.25) is 5.91 Å². The van der Waals surface area contributed by atoms with Crippen molar-refractivity contribution in [3.8, 4) is 0 Å². The zero-order valence-electron chi connectivity index (χ0n) is 14.7. The van der Waals surface area contributed by atoms with E-state index in [1.807, 2.05) is 36.0 Å². The summed E-state index contributed by atoms with van der Waals surface area (Å²) >= 11 is 1.92. The summed E-state index contributed by atoms with van der Waals surface area (Å²) in [7, 11) is 0. The van der Waals surface area contributed by atoms with Crippen molar-refractivity contribution >= 4 is 29.4 Å². The number of fused-ring (bicyclic) bond motifs is 1. The average Bonchev–Trinajstić information content (AvgIpc) is 3.16. The molecule has 1 aromatic rings. The van der Waals surface area contributed by atoms with Crippen LogP contribution in [-0.4, -0.2) is 48.2 Å². The van der Waals surface area contributed by atoms with E-state index >= 15 is 0 Å². The normalized spacial score (nSPS) is 24.0. The number of ether oxygens (including phenoxy) is 1. The molecule has 1 aromatic carbocycles. The molecule has 2 fully saturated rings. The summed E-state index contributed by atoms with van der Waals surface area (Å²) in [6, 6.07) is 7.89. The summed E-state index contributed by atoms with van der Waals surface area (Å²) < 4.78 is 5.41. The minimum atomic E-state index is -0.0944. The third-order valence-electron chi connectivity index (χ3n) is 4.66. The van der Waals surface area contributed by atoms with Gasteiger partial charge in [0.25, 0.3) is 0 Å². The Morgan fingerprint density at radius 3 is 2.88 bits per heavy atom. The summed E-state index contributed by atoms with van der Waals surface area (Å²) in [4.78, 5) is 23.1. The average molecular weight is 378 g/mol. The van der Waals surface area contributed by atoms with Crippen LogP contribution in [-0.2, 0) is 16.1 Å². The van der Waals surface area contributed by atoms with Gasteiger partial charge >= 0.3 is 6.03 Å². The van der Waals surface area contributed by atoms with Gasteiger partial charge in [-0.05, 0) is 30.5 Å². The highest BCUT2D eigenvalue weighted by Crippen LogP contribution is 2.32. The summed E-state index contributed by atoms with van der Waals surface area (Å²) in [5.41, 5.74) is 7.33. The standard InChI is InChI=1S/C18H26N4O3S/c19-13-6-4-12(5-7-13)9-25-10-16(23)20-8-2-1-3-15-17-14(11-26-15)21-18(24)22-17/h4-7,14-15,17H,1-3,8-11,19H2,(H,20,23)(H2,21,22,24). The number of hydrogen-bond acceptors (Lipinski definition) is 5. The van der Waals surface area contributed by atoms with Crippen molar-refractivity contribution in [1.82, 2.24) is 16.0 Å². The van der Waals surface area contributed by atoms with Crippen LogP contribution in [0.4, 0.5) is 10.5 Å². The van der Waals surface area contributed by atoms with Crippen LogP contribution in [0.2, 0.25) is 0 Å². The molecule has 2 heterocycles. The number of amides is 3. The van der Waals surface area contributed by atoms with Gasteiger partial charge in [-0.3, -0.25) is 4.79 Å². The molecule has 3 atom stereocenters. The smallest absolute Gasteiger partial charge is 0.315 e. The Bertz CT molecular complexity index is 625. The van der Waals surface area contributed by atoms with E-state index in [4.69, 9.17) is 10.5 Å². The van der Waals surface area contributed by atoms with Crippen molar-refractivity contribution in [3.05, 3.63) is 29.8 Å². The maximum atomic E-state index is 11.8. The van der Waals surface area contributed by atoms with Crippen LogP contribution < -0.4 is 21.7 Å². The largest absolute Gasteiger partial charge is 0.399 e. The minimum absolute atomic E-state index is 0.0449. The molecule has 0 spiro atoms. The molecule has 0 aromatic heterocycles. The quantitative estimate of drug-likeness (QED) is 0.294. The first-order valence-corrected chi connectivity index (χ1v) is 10.0. The van der Waals surface area contributed by atoms with Crippen molar-refractivity contribution in [3.63, 3.8) is 0 Å². The number of hydrogen-bond donors (Lipinski definition) is 4. The van der Waals surface area contributed by atoms with E-state index < -0.39 is 0 Å². The zero-order valence-corrected chi connectivity index (χ0v) is 15.5. The molecule has 2 aliphatic rings. The molecule has 26 heavy (non-hydrogen) atoms. The lowest BCUT2D eigenvalue weighted by Gasteiger charge is -2.16. The summed E-state index contributed by atoms with van der Waals surface area (Å²) in [6.45, 7) is 1.11. The van der Waals surface area contributed by atoms with E-state index in [2.05, 4.69) is 16.0 Å². The predicted octanol–water partition coefficient (Wildman–Crippen LogP) is 1.24. The molecule has 0 radical (unpaired) electrons. The van der Waals surface area contributed by atoms with Gasteiger partial charge in [-0.25, -0.2) is 4.79 Å². The van der Waals surface area contributed by atoms with Crippen molar-refractivity contribution in [2.75, 3.05) is 24.6 Å². The molecule has 0 aliphatic carbocycles. The van der Waals surface area contributed by atoms with E-state index in [9.17, 15) is 9.59 Å². The van der Waals surface area contributed by atoms with Crippen molar-refractivity contribution < 1.29 is 14.3 Å². The number of benzene rings is 1. The van der Waals surface area contributed by atoms with Crippen LogP contribution in [0, 0.1) is 0 Å². The maximum Gasteiger partial charge on any atom is 0.315 e. The summed E-state index contributed by atoms with van der Waals surface area (Å²) in [5.74, 6) is 0.888. The van der Waals surface area contributed by atoms with Gasteiger partial charge in [-0.2, -0.15) is 11.8 Å². The summed E-state index contributed by atoms with van der Waals surface area (Å²) in [5, 5.41) is 9.30. The lowest BCUT2D eigenvalue weighted by Crippen LogP contribution is -2.36. The molecular formula is C18H26N4O3S. The highest BCUT2D eigenvalue weighted by molar-refractivity contribution is 8.00. The number of carbonyl (C=O) groups is 2. The van der Waals surface area contributed by atoms with Crippen molar-refractivity contribution in [2.45, 2.75) is 43.2 Å². The predicted molar refractivity (Wildman–Crippen MR) is 103 cm³/mol. The highest BCUT2D eigenvalue weighted by Gasteiger charge is 2.42. The van der Waals surface area contributed by atoms with Crippen LogP contribution in [0.15, 0.2) is 24.3 Å². The number of nitrogen functional groups attached to an aromatic ring is 1. The van der Waals surface area contributed by atoms with E-state index in [1.54, 1.807) is 0 Å². The SMILES string of the molecule is Nc1ccc(COCC(=O)NCCCCC2SCC3NC(=O)NC32)cc1. The lowest BCUT2D eigenvalue weighted by atomic mass is 10.0. The number of nitrogens with two attached hydrogens (primary N) is 1. The number of carbonyl (C=O) groups excluding carboxylic acids is 2. The van der Waals surface area contributed by atoms with Crippen LogP contribution in [0.5, 0.6) is 0 Å². The zero-order chi connectivity index (χ0) is 18.4. The van der Waals surface area contributed by atoms with Gasteiger partial charge in [-0.15, -0.1) is 0 Å². The molecule has 2 saturated heterocycles. The second-order valence-corrected chi connectivity index (χ2v) is 7.97. The van der Waals surface area contributed by atoms with E-state index in [0.717, 1.165) is 30.6 Å². The summed E-state index contributed by atoms with van der Waals surface area (Å²) in [6.07, 6.45) is 3.01. The van der Waals surface area contributed by atoms with E-state index in [0.29, 0.717) is 24.1 Å². The number of unbranched alkanes of at least 4 members (excludes halogenated alkanes) is 1. The fraction of sp³-hybridized carbons (Fsp3) is 0.556. The van der Waals surface area contributed by atoms with Gasteiger partial charge in [-0.1, -0.05) is 18.6 Å². The number of urea groups is 1. The Kier molecular flexibility index (Phi) is 6.62. The topological polar surface area (TPSA) is 105 Å². The van der Waals surface area contributed by atoms with Crippen LogP contribution >= 0.6 is 11.8 Å². The molecule has 3 amide bonds. The molecule has 2 aliphatic heterocycles. The first-order valence-electron chi connectivity index (χ1n) is 8.99. The van der Waals surface area contributed by atoms with Gasteiger partial charge in [0.15, 0.2) is 0 Å². The maximum absolute atomic E-state index is 11.8. The van der Waals surface area contributed by atoms with Gasteiger partial charge in [0.05, 0.1) is 18.7 Å². The van der Waals surface area contributed by atoms with E-state index in [1.165, 1.54) is 0 Å². The first-order chi connectivity index (χ1) is 12.6. The van der Waals surface area contributed by atoms with Crippen molar-refractivity contribution in [1.29, 1.82) is 0 Å². The van der Waals surface area contributed by atoms with Crippen LogP contribution in [0.3, 0.4) is 0 Å². The molecule has 7 nitrogen and oxygen atoms in total. The lowest BCUT2D eigenvalue weighted by molar-refractivity contribution is -0.126. The number of nitrogens with one attached hydrogen (secondary N) is 3. The molecule has 3 rings (SSSR count). The molecule has 3 unspecified atom stereocenters.